The van der Waals surface area contributed by atoms with E-state index < -0.39 is 0 Å². The van der Waals surface area contributed by atoms with Gasteiger partial charge in [0.05, 0.1) is 11.4 Å². The van der Waals surface area contributed by atoms with E-state index in [1.54, 1.807) is 18.4 Å². The molecule has 0 unspecified atom stereocenters. The number of aryl methyl sites for hydroxylation is 2. The van der Waals surface area contributed by atoms with Crippen molar-refractivity contribution in [3.8, 4) is 11.5 Å². The van der Waals surface area contributed by atoms with E-state index in [2.05, 4.69) is 25.6 Å². The minimum Gasteiger partial charge on any atom is -0.444 e. The largest absolute Gasteiger partial charge is 0.444 e. The van der Waals surface area contributed by atoms with Crippen molar-refractivity contribution in [3.63, 3.8) is 0 Å². The molecule has 0 saturated carbocycles. The fraction of sp³-hybridized carbons (Fsp3) is 0.350. The first-order valence-corrected chi connectivity index (χ1v) is 9.20. The Morgan fingerprint density at radius 2 is 1.93 bits per heavy atom. The highest BCUT2D eigenvalue weighted by Crippen LogP contribution is 2.19. The quantitative estimate of drug-likeness (QED) is 0.479. The van der Waals surface area contributed by atoms with Crippen LogP contribution in [-0.4, -0.2) is 29.0 Å². The molecule has 3 rings (SSSR count). The molecule has 2 heterocycles. The molecule has 0 aliphatic rings. The maximum atomic E-state index is 13.0. The van der Waals surface area contributed by atoms with Gasteiger partial charge in [-0.2, -0.15) is 0 Å². The van der Waals surface area contributed by atoms with Crippen molar-refractivity contribution in [1.82, 2.24) is 20.6 Å². The van der Waals surface area contributed by atoms with E-state index in [0.717, 1.165) is 29.3 Å². The molecule has 2 aromatic heterocycles. The van der Waals surface area contributed by atoms with E-state index in [0.29, 0.717) is 37.3 Å². The van der Waals surface area contributed by atoms with Crippen LogP contribution in [0.1, 0.15) is 30.0 Å². The maximum Gasteiger partial charge on any atom is 0.226 e. The topological polar surface area (TPSA) is 88.5 Å². The second-order valence-corrected chi connectivity index (χ2v) is 6.27. The first kappa shape index (κ1) is 19.6. The molecule has 0 saturated heterocycles. The molecule has 0 bridgehead atoms. The van der Waals surface area contributed by atoms with Crippen LogP contribution in [-0.2, 0) is 13.0 Å². The number of rotatable bonds is 7. The smallest absolute Gasteiger partial charge is 0.226 e. The van der Waals surface area contributed by atoms with E-state index in [1.807, 2.05) is 20.8 Å². The summed E-state index contributed by atoms with van der Waals surface area (Å²) in [4.78, 5) is 13.3. The molecular formula is C20H24FN5O2. The Hall–Kier alpha value is -3.16. The van der Waals surface area contributed by atoms with E-state index in [4.69, 9.17) is 8.83 Å². The lowest BCUT2D eigenvalue weighted by molar-refractivity contribution is 0.473. The van der Waals surface area contributed by atoms with Crippen molar-refractivity contribution >= 4 is 5.96 Å². The molecule has 0 spiro atoms. The van der Waals surface area contributed by atoms with Crippen LogP contribution in [0.15, 0.2) is 44.4 Å². The van der Waals surface area contributed by atoms with Crippen molar-refractivity contribution in [1.29, 1.82) is 0 Å². The fourth-order valence-electron chi connectivity index (χ4n) is 2.55. The third kappa shape index (κ3) is 5.18. The monoisotopic (exact) mass is 385 g/mol. The highest BCUT2D eigenvalue weighted by atomic mass is 19.1. The molecule has 0 aliphatic heterocycles. The molecule has 2 N–H and O–H groups in total. The second kappa shape index (κ2) is 9.16. The lowest BCUT2D eigenvalue weighted by Crippen LogP contribution is -2.38. The maximum absolute atomic E-state index is 13.0. The summed E-state index contributed by atoms with van der Waals surface area (Å²) in [6, 6.07) is 6.06. The summed E-state index contributed by atoms with van der Waals surface area (Å²) >= 11 is 0. The van der Waals surface area contributed by atoms with Gasteiger partial charge in [0.15, 0.2) is 5.96 Å². The number of benzene rings is 1. The van der Waals surface area contributed by atoms with Gasteiger partial charge in [0.25, 0.3) is 0 Å². The van der Waals surface area contributed by atoms with Crippen molar-refractivity contribution < 1.29 is 13.2 Å². The Morgan fingerprint density at radius 3 is 2.61 bits per heavy atom. The zero-order chi connectivity index (χ0) is 19.9. The highest BCUT2D eigenvalue weighted by Gasteiger charge is 2.08. The SMILES string of the molecule is CCNC(=NCc1nc(C)c(C)o1)NCCc1coc(-c2ccc(F)cc2)n1. The minimum atomic E-state index is -0.287. The van der Waals surface area contributed by atoms with E-state index >= 15 is 0 Å². The van der Waals surface area contributed by atoms with Gasteiger partial charge in [-0.15, -0.1) is 0 Å². The molecule has 0 atom stereocenters. The van der Waals surface area contributed by atoms with Gasteiger partial charge >= 0.3 is 0 Å². The van der Waals surface area contributed by atoms with Crippen LogP contribution in [0.25, 0.3) is 11.5 Å². The molecule has 0 fully saturated rings. The lowest BCUT2D eigenvalue weighted by atomic mass is 10.2. The minimum absolute atomic E-state index is 0.287. The van der Waals surface area contributed by atoms with Gasteiger partial charge in [-0.05, 0) is 45.0 Å². The Labute approximate surface area is 163 Å². The van der Waals surface area contributed by atoms with E-state index in [9.17, 15) is 4.39 Å². The van der Waals surface area contributed by atoms with Gasteiger partial charge < -0.3 is 19.5 Å². The molecule has 0 aliphatic carbocycles. The number of nitrogens with one attached hydrogen (secondary N) is 2. The lowest BCUT2D eigenvalue weighted by Gasteiger charge is -2.09. The van der Waals surface area contributed by atoms with Crippen molar-refractivity contribution in [2.45, 2.75) is 33.7 Å². The third-order valence-corrected chi connectivity index (χ3v) is 4.11. The molecule has 0 radical (unpaired) electrons. The Kier molecular flexibility index (Phi) is 6.41. The Morgan fingerprint density at radius 1 is 1.14 bits per heavy atom. The van der Waals surface area contributed by atoms with E-state index in [-0.39, 0.29) is 5.82 Å². The van der Waals surface area contributed by atoms with Crippen LogP contribution >= 0.6 is 0 Å². The summed E-state index contributed by atoms with van der Waals surface area (Å²) in [6.07, 6.45) is 2.27. The predicted molar refractivity (Wildman–Crippen MR) is 104 cm³/mol. The van der Waals surface area contributed by atoms with Crippen molar-refractivity contribution in [2.75, 3.05) is 13.1 Å². The second-order valence-electron chi connectivity index (χ2n) is 6.27. The molecule has 1 aromatic carbocycles. The summed E-state index contributed by atoms with van der Waals surface area (Å²) in [6.45, 7) is 7.54. The van der Waals surface area contributed by atoms with Gasteiger partial charge in [-0.25, -0.2) is 19.4 Å². The first-order chi connectivity index (χ1) is 13.5. The molecule has 8 heteroatoms. The van der Waals surface area contributed by atoms with Gasteiger partial charge in [0, 0.05) is 25.1 Å². The molecule has 0 amide bonds. The Bertz CT molecular complexity index is 911. The van der Waals surface area contributed by atoms with Crippen LogP contribution in [0, 0.1) is 19.7 Å². The summed E-state index contributed by atoms with van der Waals surface area (Å²) in [7, 11) is 0. The van der Waals surface area contributed by atoms with Crippen molar-refractivity contribution in [3.05, 3.63) is 59.4 Å². The molecule has 148 valence electrons. The van der Waals surface area contributed by atoms with Gasteiger partial charge in [0.1, 0.15) is 24.4 Å². The molecule has 7 nitrogen and oxygen atoms in total. The van der Waals surface area contributed by atoms with Crippen LogP contribution in [0.5, 0.6) is 0 Å². The summed E-state index contributed by atoms with van der Waals surface area (Å²) in [5, 5.41) is 6.44. The zero-order valence-electron chi connectivity index (χ0n) is 16.3. The number of aliphatic imine (C=N–C) groups is 1. The molecule has 28 heavy (non-hydrogen) atoms. The number of oxazole rings is 2. The standard InChI is InChI=1S/C20H24FN5O2/c1-4-22-20(24-11-18-25-13(2)14(3)28-18)23-10-9-17-12-27-19(26-17)15-5-7-16(21)8-6-15/h5-8,12H,4,9-11H2,1-3H3,(H2,22,23,24). The van der Waals surface area contributed by atoms with Crippen LogP contribution in [0.3, 0.4) is 0 Å². The van der Waals surface area contributed by atoms with Crippen molar-refractivity contribution in [2.24, 2.45) is 4.99 Å². The number of hydrogen-bond acceptors (Lipinski definition) is 5. The fourth-order valence-corrected chi connectivity index (χ4v) is 2.55. The predicted octanol–water partition coefficient (Wildman–Crippen LogP) is 3.38. The highest BCUT2D eigenvalue weighted by molar-refractivity contribution is 5.79. The number of nitrogens with zero attached hydrogens (tertiary/aromatic N) is 3. The average molecular weight is 385 g/mol. The third-order valence-electron chi connectivity index (χ3n) is 4.11. The number of aromatic nitrogens is 2. The van der Waals surface area contributed by atoms with Gasteiger partial charge in [0.2, 0.25) is 11.8 Å². The normalized spacial score (nSPS) is 11.6. The average Bonchev–Trinajstić information content (AvgIpc) is 3.27. The number of guanidine groups is 1. The van der Waals surface area contributed by atoms with Crippen LogP contribution < -0.4 is 10.6 Å². The summed E-state index contributed by atoms with van der Waals surface area (Å²) in [5.74, 6) is 2.27. The molecular weight excluding hydrogens is 361 g/mol. The van der Waals surface area contributed by atoms with Crippen LogP contribution in [0.2, 0.25) is 0 Å². The summed E-state index contributed by atoms with van der Waals surface area (Å²) < 4.78 is 24.1. The first-order valence-electron chi connectivity index (χ1n) is 9.20. The van der Waals surface area contributed by atoms with E-state index in [1.165, 1.54) is 12.1 Å². The van der Waals surface area contributed by atoms with Gasteiger partial charge in [-0.1, -0.05) is 0 Å². The van der Waals surface area contributed by atoms with Gasteiger partial charge in [-0.3, -0.25) is 0 Å². The molecule has 3 aromatic rings. The number of hydrogen-bond donors (Lipinski definition) is 2. The Balaban J connectivity index is 1.54. The zero-order valence-corrected chi connectivity index (χ0v) is 16.3. The number of halogens is 1. The summed E-state index contributed by atoms with van der Waals surface area (Å²) in [5.41, 5.74) is 2.43. The van der Waals surface area contributed by atoms with Crippen LogP contribution in [0.4, 0.5) is 4.39 Å².